The third-order valence-electron chi connectivity index (χ3n) is 3.11. The minimum absolute atomic E-state index is 0.879. The fourth-order valence-corrected chi connectivity index (χ4v) is 2.09. The summed E-state index contributed by atoms with van der Waals surface area (Å²) in [4.78, 5) is 0. The maximum Gasteiger partial charge on any atom is -0.0325 e. The molecule has 0 heteroatoms. The molecule has 0 aromatic heterocycles. The zero-order valence-electron chi connectivity index (χ0n) is 10.4. The molecular weight excluding hydrogens is 168 g/mol. The molecule has 0 N–H and O–H groups in total. The molecule has 0 spiro atoms. The summed E-state index contributed by atoms with van der Waals surface area (Å²) in [6.45, 7) is 10.8. The van der Waals surface area contributed by atoms with Gasteiger partial charge in [0.2, 0.25) is 0 Å². The van der Waals surface area contributed by atoms with Crippen molar-refractivity contribution in [3.63, 3.8) is 0 Å². The summed E-state index contributed by atoms with van der Waals surface area (Å²) in [7, 11) is 0. The largest absolute Gasteiger partial charge is 0.103 e. The Morgan fingerprint density at radius 2 is 1.93 bits per heavy atom. The predicted octanol–water partition coefficient (Wildman–Crippen LogP) is 5.20. The zero-order valence-corrected chi connectivity index (χ0v) is 10.4. The van der Waals surface area contributed by atoms with Crippen molar-refractivity contribution in [3.05, 3.63) is 12.7 Å². The van der Waals surface area contributed by atoms with Gasteiger partial charge in [0.1, 0.15) is 0 Å². The first-order valence-corrected chi connectivity index (χ1v) is 6.35. The van der Waals surface area contributed by atoms with Crippen LogP contribution in [0.4, 0.5) is 0 Å². The standard InChI is InChI=1S/C14H28/c1-5-8-9-11-13(4)12-14(7-3)10-6-2/h6,13-14H,2,5,7-12H2,1,3-4H3/t13?,14-/m1/s1. The third-order valence-corrected chi connectivity index (χ3v) is 3.11. The Kier molecular flexibility index (Phi) is 9.13. The normalized spacial score (nSPS) is 15.1. The molecule has 0 rings (SSSR count). The van der Waals surface area contributed by atoms with Crippen LogP contribution in [0, 0.1) is 11.8 Å². The summed E-state index contributed by atoms with van der Waals surface area (Å²) in [5, 5.41) is 0. The molecule has 0 heterocycles. The molecule has 1 unspecified atom stereocenters. The van der Waals surface area contributed by atoms with Gasteiger partial charge in [-0.3, -0.25) is 0 Å². The van der Waals surface area contributed by atoms with E-state index in [1.807, 2.05) is 0 Å². The van der Waals surface area contributed by atoms with Gasteiger partial charge in [-0.2, -0.15) is 0 Å². The summed E-state index contributed by atoms with van der Waals surface area (Å²) in [5.74, 6) is 1.79. The number of unbranched alkanes of at least 4 members (excludes halogenated alkanes) is 2. The van der Waals surface area contributed by atoms with Gasteiger partial charge in [0.15, 0.2) is 0 Å². The highest BCUT2D eigenvalue weighted by molar-refractivity contribution is 4.73. The van der Waals surface area contributed by atoms with Crippen LogP contribution in [0.2, 0.25) is 0 Å². The van der Waals surface area contributed by atoms with E-state index in [9.17, 15) is 0 Å². The zero-order chi connectivity index (χ0) is 10.8. The number of hydrogen-bond donors (Lipinski definition) is 0. The van der Waals surface area contributed by atoms with Crippen molar-refractivity contribution in [2.24, 2.45) is 11.8 Å². The molecule has 0 nitrogen and oxygen atoms in total. The molecule has 0 saturated carbocycles. The molecule has 0 aliphatic rings. The minimum atomic E-state index is 0.879. The second-order valence-corrected chi connectivity index (χ2v) is 4.64. The van der Waals surface area contributed by atoms with E-state index >= 15 is 0 Å². The van der Waals surface area contributed by atoms with Gasteiger partial charge >= 0.3 is 0 Å². The average Bonchev–Trinajstić information content (AvgIpc) is 2.17. The summed E-state index contributed by atoms with van der Waals surface area (Å²) in [5.41, 5.74) is 0. The third kappa shape index (κ3) is 7.17. The van der Waals surface area contributed by atoms with Gasteiger partial charge < -0.3 is 0 Å². The van der Waals surface area contributed by atoms with E-state index in [4.69, 9.17) is 0 Å². The van der Waals surface area contributed by atoms with E-state index in [2.05, 4.69) is 33.4 Å². The highest BCUT2D eigenvalue weighted by atomic mass is 14.1. The minimum Gasteiger partial charge on any atom is -0.103 e. The molecule has 2 atom stereocenters. The second-order valence-electron chi connectivity index (χ2n) is 4.64. The summed E-state index contributed by atoms with van der Waals surface area (Å²) >= 11 is 0. The average molecular weight is 196 g/mol. The lowest BCUT2D eigenvalue weighted by molar-refractivity contribution is 0.358. The number of allylic oxidation sites excluding steroid dienone is 1. The molecular formula is C14H28. The van der Waals surface area contributed by atoms with E-state index in [-0.39, 0.29) is 0 Å². The second kappa shape index (κ2) is 9.30. The van der Waals surface area contributed by atoms with E-state index in [1.54, 1.807) is 0 Å². The van der Waals surface area contributed by atoms with Crippen LogP contribution in [0.25, 0.3) is 0 Å². The fourth-order valence-electron chi connectivity index (χ4n) is 2.09. The number of rotatable bonds is 9. The van der Waals surface area contributed by atoms with Crippen LogP contribution < -0.4 is 0 Å². The molecule has 0 saturated heterocycles. The Morgan fingerprint density at radius 1 is 1.21 bits per heavy atom. The molecule has 0 aromatic carbocycles. The monoisotopic (exact) mass is 196 g/mol. The SMILES string of the molecule is C=CC[C@@H](CC)CC(C)CCCCC. The van der Waals surface area contributed by atoms with Gasteiger partial charge in [0.25, 0.3) is 0 Å². The van der Waals surface area contributed by atoms with Crippen LogP contribution in [0.3, 0.4) is 0 Å². The molecule has 0 amide bonds. The Bertz CT molecular complexity index is 126. The topological polar surface area (TPSA) is 0 Å². The molecule has 84 valence electrons. The van der Waals surface area contributed by atoms with Gasteiger partial charge in [-0.25, -0.2) is 0 Å². The van der Waals surface area contributed by atoms with Crippen molar-refractivity contribution >= 4 is 0 Å². The van der Waals surface area contributed by atoms with E-state index in [0.717, 1.165) is 11.8 Å². The van der Waals surface area contributed by atoms with Crippen LogP contribution in [-0.4, -0.2) is 0 Å². The molecule has 0 aliphatic carbocycles. The van der Waals surface area contributed by atoms with Crippen LogP contribution in [0.5, 0.6) is 0 Å². The summed E-state index contributed by atoms with van der Waals surface area (Å²) in [6, 6.07) is 0. The van der Waals surface area contributed by atoms with Gasteiger partial charge in [-0.05, 0) is 24.7 Å². The number of hydrogen-bond acceptors (Lipinski definition) is 0. The molecule has 0 bridgehead atoms. The maximum absolute atomic E-state index is 3.83. The van der Waals surface area contributed by atoms with Crippen LogP contribution in [-0.2, 0) is 0 Å². The Hall–Kier alpha value is -0.260. The molecule has 14 heavy (non-hydrogen) atoms. The first kappa shape index (κ1) is 13.7. The highest BCUT2D eigenvalue weighted by Crippen LogP contribution is 2.23. The molecule has 0 fully saturated rings. The maximum atomic E-state index is 3.83. The van der Waals surface area contributed by atoms with Crippen molar-refractivity contribution in [2.75, 3.05) is 0 Å². The van der Waals surface area contributed by atoms with Gasteiger partial charge in [-0.1, -0.05) is 59.0 Å². The van der Waals surface area contributed by atoms with Crippen molar-refractivity contribution in [3.8, 4) is 0 Å². The van der Waals surface area contributed by atoms with Crippen molar-refractivity contribution in [1.82, 2.24) is 0 Å². The lowest BCUT2D eigenvalue weighted by Gasteiger charge is -2.18. The first-order chi connectivity index (χ1) is 6.74. The summed E-state index contributed by atoms with van der Waals surface area (Å²) < 4.78 is 0. The first-order valence-electron chi connectivity index (χ1n) is 6.35. The Morgan fingerprint density at radius 3 is 2.43 bits per heavy atom. The van der Waals surface area contributed by atoms with Gasteiger partial charge in [0, 0.05) is 0 Å². The van der Waals surface area contributed by atoms with E-state index in [1.165, 1.54) is 44.9 Å². The highest BCUT2D eigenvalue weighted by Gasteiger charge is 2.09. The van der Waals surface area contributed by atoms with Crippen LogP contribution in [0.1, 0.15) is 65.7 Å². The lowest BCUT2D eigenvalue weighted by atomic mass is 9.88. The quantitative estimate of drug-likeness (QED) is 0.351. The fraction of sp³-hybridized carbons (Fsp3) is 0.857. The Balaban J connectivity index is 3.55. The van der Waals surface area contributed by atoms with Gasteiger partial charge in [0.05, 0.1) is 0 Å². The molecule has 0 aromatic rings. The molecule has 0 aliphatic heterocycles. The lowest BCUT2D eigenvalue weighted by Crippen LogP contribution is -2.05. The smallest absolute Gasteiger partial charge is 0.0325 e. The van der Waals surface area contributed by atoms with Gasteiger partial charge in [-0.15, -0.1) is 6.58 Å². The van der Waals surface area contributed by atoms with Crippen molar-refractivity contribution in [1.29, 1.82) is 0 Å². The Labute approximate surface area is 90.8 Å². The van der Waals surface area contributed by atoms with Crippen LogP contribution in [0.15, 0.2) is 12.7 Å². The molecule has 0 radical (unpaired) electrons. The van der Waals surface area contributed by atoms with E-state index < -0.39 is 0 Å². The van der Waals surface area contributed by atoms with E-state index in [0.29, 0.717) is 0 Å². The van der Waals surface area contributed by atoms with Crippen molar-refractivity contribution < 1.29 is 0 Å². The van der Waals surface area contributed by atoms with Crippen molar-refractivity contribution in [2.45, 2.75) is 65.7 Å². The summed E-state index contributed by atoms with van der Waals surface area (Å²) in [6.07, 6.45) is 11.6. The predicted molar refractivity (Wildman–Crippen MR) is 66.5 cm³/mol. The van der Waals surface area contributed by atoms with Crippen LogP contribution >= 0.6 is 0 Å².